The highest BCUT2D eigenvalue weighted by Crippen LogP contribution is 2.24. The van der Waals surface area contributed by atoms with Gasteiger partial charge in [-0.3, -0.25) is 13.9 Å². The summed E-state index contributed by atoms with van der Waals surface area (Å²) in [5.74, 6) is -0.880. The van der Waals surface area contributed by atoms with Crippen LogP contribution in [0.1, 0.15) is 31.9 Å². The molecule has 0 unspecified atom stereocenters. The number of halogens is 2. The zero-order chi connectivity index (χ0) is 28.8. The quantitative estimate of drug-likeness (QED) is 0.323. The van der Waals surface area contributed by atoms with E-state index in [2.05, 4.69) is 21.2 Å². The monoisotopic (exact) mass is 633 g/mol. The van der Waals surface area contributed by atoms with Crippen molar-refractivity contribution in [1.82, 2.24) is 10.2 Å². The second-order valence-corrected chi connectivity index (χ2v) is 13.5. The van der Waals surface area contributed by atoms with E-state index in [4.69, 9.17) is 11.6 Å². The summed E-state index contributed by atoms with van der Waals surface area (Å²) >= 11 is 9.82. The summed E-state index contributed by atoms with van der Waals surface area (Å²) in [6, 6.07) is 22.2. The highest BCUT2D eigenvalue weighted by Gasteiger charge is 2.34. The maximum Gasteiger partial charge on any atom is 0.244 e. The minimum Gasteiger partial charge on any atom is -0.350 e. The molecule has 39 heavy (non-hydrogen) atoms. The highest BCUT2D eigenvalue weighted by molar-refractivity contribution is 9.10. The van der Waals surface area contributed by atoms with Gasteiger partial charge in [-0.25, -0.2) is 8.42 Å². The van der Waals surface area contributed by atoms with Crippen molar-refractivity contribution in [1.29, 1.82) is 0 Å². The Bertz CT molecular complexity index is 1390. The van der Waals surface area contributed by atoms with Gasteiger partial charge in [0, 0.05) is 28.0 Å². The summed E-state index contributed by atoms with van der Waals surface area (Å²) in [6.07, 6.45) is 1.28. The first-order chi connectivity index (χ1) is 18.2. The fourth-order valence-corrected chi connectivity index (χ4v) is 5.35. The largest absolute Gasteiger partial charge is 0.350 e. The third-order valence-corrected chi connectivity index (χ3v) is 7.90. The fraction of sp³-hybridized carbons (Fsp3) is 0.310. The molecule has 0 aromatic heterocycles. The maximum atomic E-state index is 14.0. The number of nitrogens with one attached hydrogen (secondary N) is 1. The van der Waals surface area contributed by atoms with Crippen LogP contribution in [0.3, 0.4) is 0 Å². The maximum absolute atomic E-state index is 14.0. The van der Waals surface area contributed by atoms with Gasteiger partial charge in [0.15, 0.2) is 0 Å². The number of amides is 2. The summed E-state index contributed by atoms with van der Waals surface area (Å²) in [4.78, 5) is 29.2. The van der Waals surface area contributed by atoms with Crippen LogP contribution in [0, 0.1) is 0 Å². The van der Waals surface area contributed by atoms with Crippen molar-refractivity contribution in [2.45, 2.75) is 45.3 Å². The summed E-state index contributed by atoms with van der Waals surface area (Å²) in [5.41, 5.74) is 1.28. The molecule has 0 radical (unpaired) electrons. The molecule has 0 heterocycles. The molecule has 2 amide bonds. The Kier molecular flexibility index (Phi) is 10.2. The van der Waals surface area contributed by atoms with Gasteiger partial charge < -0.3 is 10.2 Å². The number of benzene rings is 3. The van der Waals surface area contributed by atoms with E-state index in [0.717, 1.165) is 20.6 Å². The van der Waals surface area contributed by atoms with Crippen LogP contribution in [-0.2, 0) is 32.6 Å². The Morgan fingerprint density at radius 1 is 0.949 bits per heavy atom. The molecule has 1 atom stereocenters. The number of hydrogen-bond donors (Lipinski definition) is 1. The number of sulfonamides is 1. The zero-order valence-electron chi connectivity index (χ0n) is 22.4. The van der Waals surface area contributed by atoms with Gasteiger partial charge >= 0.3 is 0 Å². The predicted octanol–water partition coefficient (Wildman–Crippen LogP) is 5.42. The molecule has 0 saturated heterocycles. The Labute approximate surface area is 244 Å². The Morgan fingerprint density at radius 3 is 2.10 bits per heavy atom. The van der Waals surface area contributed by atoms with Gasteiger partial charge in [0.05, 0.1) is 11.9 Å². The van der Waals surface area contributed by atoms with E-state index < -0.39 is 34.1 Å². The first-order valence-electron chi connectivity index (χ1n) is 12.4. The molecule has 0 spiro atoms. The minimum atomic E-state index is -3.83. The third-order valence-electron chi connectivity index (χ3n) is 5.86. The van der Waals surface area contributed by atoms with Crippen molar-refractivity contribution in [3.63, 3.8) is 0 Å². The van der Waals surface area contributed by atoms with E-state index in [9.17, 15) is 18.0 Å². The summed E-state index contributed by atoms with van der Waals surface area (Å²) in [6.45, 7) is 5.13. The van der Waals surface area contributed by atoms with Crippen LogP contribution in [0.2, 0.25) is 5.02 Å². The van der Waals surface area contributed by atoms with Crippen molar-refractivity contribution in [3.8, 4) is 0 Å². The van der Waals surface area contributed by atoms with E-state index in [0.29, 0.717) is 16.3 Å². The second kappa shape index (κ2) is 13.0. The van der Waals surface area contributed by atoms with E-state index >= 15 is 0 Å². The summed E-state index contributed by atoms with van der Waals surface area (Å²) in [5, 5.41) is 3.44. The van der Waals surface area contributed by atoms with E-state index in [1.165, 1.54) is 4.90 Å². The Morgan fingerprint density at radius 2 is 1.54 bits per heavy atom. The normalized spacial score (nSPS) is 12.5. The lowest BCUT2D eigenvalue weighted by Crippen LogP contribution is -2.56. The highest BCUT2D eigenvalue weighted by atomic mass is 79.9. The summed E-state index contributed by atoms with van der Waals surface area (Å²) in [7, 11) is -3.83. The third kappa shape index (κ3) is 9.08. The molecule has 10 heteroatoms. The van der Waals surface area contributed by atoms with Crippen LogP contribution in [-0.4, -0.2) is 49.5 Å². The molecule has 0 aliphatic rings. The van der Waals surface area contributed by atoms with E-state index in [1.54, 1.807) is 48.5 Å². The van der Waals surface area contributed by atoms with Crippen LogP contribution in [0.5, 0.6) is 0 Å². The average Bonchev–Trinajstić information content (AvgIpc) is 2.85. The standard InChI is InChI=1S/C29H33BrClN3O4S/c1-29(2,3)32-28(36)26(18-21-10-6-5-7-11-21)33(19-22-12-8-9-13-25(22)31)27(35)20-34(39(4,37)38)24-16-14-23(30)15-17-24/h5-17,26H,18-20H2,1-4H3,(H,32,36)/t26-/m0/s1. The van der Waals surface area contributed by atoms with Crippen LogP contribution in [0.15, 0.2) is 83.3 Å². The number of carbonyl (C=O) groups is 2. The van der Waals surface area contributed by atoms with Gasteiger partial charge in [-0.2, -0.15) is 0 Å². The van der Waals surface area contributed by atoms with Crippen LogP contribution in [0.25, 0.3) is 0 Å². The molecule has 7 nitrogen and oxygen atoms in total. The SMILES string of the molecule is CC(C)(C)NC(=O)[C@H](Cc1ccccc1)N(Cc1ccccc1Cl)C(=O)CN(c1ccc(Br)cc1)S(C)(=O)=O. The summed E-state index contributed by atoms with van der Waals surface area (Å²) < 4.78 is 27.4. The first kappa shape index (κ1) is 30.7. The van der Waals surface area contributed by atoms with Crippen LogP contribution < -0.4 is 9.62 Å². The van der Waals surface area contributed by atoms with Crippen LogP contribution in [0.4, 0.5) is 5.69 Å². The molecule has 208 valence electrons. The lowest BCUT2D eigenvalue weighted by molar-refractivity contribution is -0.140. The smallest absolute Gasteiger partial charge is 0.244 e. The number of hydrogen-bond acceptors (Lipinski definition) is 4. The molecular weight excluding hydrogens is 602 g/mol. The number of carbonyl (C=O) groups excluding carboxylic acids is 2. The second-order valence-electron chi connectivity index (χ2n) is 10.3. The van der Waals surface area contributed by atoms with E-state index in [-0.39, 0.29) is 18.9 Å². The van der Waals surface area contributed by atoms with Gasteiger partial charge in [0.2, 0.25) is 21.8 Å². The lowest BCUT2D eigenvalue weighted by Gasteiger charge is -2.35. The van der Waals surface area contributed by atoms with Gasteiger partial charge in [-0.05, 0) is 62.2 Å². The molecular formula is C29H33BrClN3O4S. The van der Waals surface area contributed by atoms with Crippen molar-refractivity contribution in [3.05, 3.63) is 99.5 Å². The van der Waals surface area contributed by atoms with Gasteiger partial charge in [-0.15, -0.1) is 0 Å². The average molecular weight is 635 g/mol. The lowest BCUT2D eigenvalue weighted by atomic mass is 10.0. The topological polar surface area (TPSA) is 86.8 Å². The van der Waals surface area contributed by atoms with Gasteiger partial charge in [0.25, 0.3) is 0 Å². The Balaban J connectivity index is 2.08. The Hall–Kier alpha value is -2.88. The minimum absolute atomic E-state index is 0.0194. The molecule has 0 aliphatic carbocycles. The van der Waals surface area contributed by atoms with Gasteiger partial charge in [-0.1, -0.05) is 76.1 Å². The number of rotatable bonds is 10. The van der Waals surface area contributed by atoms with Crippen molar-refractivity contribution >= 4 is 55.1 Å². The van der Waals surface area contributed by atoms with Crippen molar-refractivity contribution in [2.75, 3.05) is 17.1 Å². The molecule has 0 aliphatic heterocycles. The first-order valence-corrected chi connectivity index (χ1v) is 15.4. The van der Waals surface area contributed by atoms with Crippen molar-refractivity contribution < 1.29 is 18.0 Å². The number of nitrogens with zero attached hydrogens (tertiary/aromatic N) is 2. The molecule has 0 fully saturated rings. The zero-order valence-corrected chi connectivity index (χ0v) is 25.6. The molecule has 3 aromatic carbocycles. The molecule has 0 saturated carbocycles. The molecule has 3 rings (SSSR count). The predicted molar refractivity (Wildman–Crippen MR) is 160 cm³/mol. The fourth-order valence-electron chi connectivity index (χ4n) is 4.04. The molecule has 3 aromatic rings. The molecule has 1 N–H and O–H groups in total. The van der Waals surface area contributed by atoms with E-state index in [1.807, 2.05) is 51.1 Å². The number of anilines is 1. The van der Waals surface area contributed by atoms with Crippen molar-refractivity contribution in [2.24, 2.45) is 0 Å². The van der Waals surface area contributed by atoms with Gasteiger partial charge in [0.1, 0.15) is 12.6 Å². The molecule has 0 bridgehead atoms. The van der Waals surface area contributed by atoms with Crippen LogP contribution >= 0.6 is 27.5 Å².